The second kappa shape index (κ2) is 3.15. The zero-order chi connectivity index (χ0) is 10.3. The number of aryl methyl sites for hydroxylation is 2. The van der Waals surface area contributed by atoms with Gasteiger partial charge in [-0.15, -0.1) is 0 Å². The van der Waals surface area contributed by atoms with Crippen LogP contribution in [-0.2, 0) is 0 Å². The quantitative estimate of drug-likeness (QED) is 0.675. The predicted octanol–water partition coefficient (Wildman–Crippen LogP) is 2.43. The number of carbonyl (C=O) groups excluding carboxylic acids is 1. The Morgan fingerprint density at radius 2 is 2.07 bits per heavy atom. The van der Waals surface area contributed by atoms with Crippen molar-refractivity contribution in [2.45, 2.75) is 26.7 Å². The predicted molar refractivity (Wildman–Crippen MR) is 50.7 cm³/mol. The second-order valence-electron chi connectivity index (χ2n) is 3.83. The van der Waals surface area contributed by atoms with Crippen LogP contribution in [-0.4, -0.2) is 10.8 Å². The molecule has 0 atom stereocenters. The van der Waals surface area contributed by atoms with Gasteiger partial charge in [0.25, 0.3) is 0 Å². The van der Waals surface area contributed by atoms with Crippen LogP contribution in [0.1, 0.15) is 34.6 Å². The summed E-state index contributed by atoms with van der Waals surface area (Å²) in [4.78, 5) is 15.7. The van der Waals surface area contributed by atoms with Crippen molar-refractivity contribution in [2.75, 3.05) is 0 Å². The van der Waals surface area contributed by atoms with E-state index in [0.29, 0.717) is 17.0 Å². The van der Waals surface area contributed by atoms with Crippen LogP contribution in [0.3, 0.4) is 0 Å². The SMILES string of the molecule is Cc1nc(C)c(C(=O)C2CC2)cc1F. The number of hydrogen-bond donors (Lipinski definition) is 0. The lowest BCUT2D eigenvalue weighted by Crippen LogP contribution is -2.07. The Morgan fingerprint density at radius 3 is 2.64 bits per heavy atom. The van der Waals surface area contributed by atoms with Crippen molar-refractivity contribution in [3.05, 3.63) is 28.8 Å². The monoisotopic (exact) mass is 193 g/mol. The van der Waals surface area contributed by atoms with Gasteiger partial charge in [0.1, 0.15) is 5.82 Å². The van der Waals surface area contributed by atoms with E-state index in [9.17, 15) is 9.18 Å². The molecule has 3 heteroatoms. The number of halogens is 1. The highest BCUT2D eigenvalue weighted by molar-refractivity contribution is 6.00. The molecule has 1 fully saturated rings. The maximum atomic E-state index is 13.2. The molecule has 1 aliphatic rings. The number of hydrogen-bond acceptors (Lipinski definition) is 2. The Bertz CT molecular complexity index is 397. The van der Waals surface area contributed by atoms with Crippen LogP contribution in [0.25, 0.3) is 0 Å². The maximum Gasteiger partial charge on any atom is 0.167 e. The summed E-state index contributed by atoms with van der Waals surface area (Å²) in [6, 6.07) is 1.32. The van der Waals surface area contributed by atoms with E-state index in [4.69, 9.17) is 0 Å². The molecule has 0 saturated heterocycles. The van der Waals surface area contributed by atoms with Crippen molar-refractivity contribution in [3.8, 4) is 0 Å². The molecular formula is C11H12FNO. The first-order valence-electron chi connectivity index (χ1n) is 4.77. The van der Waals surface area contributed by atoms with Gasteiger partial charge in [-0.1, -0.05) is 0 Å². The zero-order valence-electron chi connectivity index (χ0n) is 8.30. The Kier molecular flexibility index (Phi) is 2.10. The van der Waals surface area contributed by atoms with Gasteiger partial charge in [0.15, 0.2) is 5.78 Å². The summed E-state index contributed by atoms with van der Waals surface area (Å²) in [6.45, 7) is 3.36. The lowest BCUT2D eigenvalue weighted by atomic mass is 10.1. The van der Waals surface area contributed by atoms with Crippen LogP contribution in [0.15, 0.2) is 6.07 Å². The van der Waals surface area contributed by atoms with Crippen molar-refractivity contribution in [2.24, 2.45) is 5.92 Å². The molecule has 1 saturated carbocycles. The highest BCUT2D eigenvalue weighted by Gasteiger charge is 2.31. The molecule has 0 spiro atoms. The Balaban J connectivity index is 2.41. The van der Waals surface area contributed by atoms with Crippen LogP contribution in [0.4, 0.5) is 4.39 Å². The third-order valence-corrected chi connectivity index (χ3v) is 2.56. The first kappa shape index (κ1) is 9.31. The summed E-state index contributed by atoms with van der Waals surface area (Å²) >= 11 is 0. The van der Waals surface area contributed by atoms with Crippen molar-refractivity contribution in [1.29, 1.82) is 0 Å². The molecular weight excluding hydrogens is 181 g/mol. The van der Waals surface area contributed by atoms with Gasteiger partial charge >= 0.3 is 0 Å². The van der Waals surface area contributed by atoms with Gasteiger partial charge in [-0.05, 0) is 32.8 Å². The summed E-state index contributed by atoms with van der Waals surface area (Å²) in [5.41, 5.74) is 1.45. The molecule has 1 aromatic rings. The number of pyridine rings is 1. The molecule has 2 nitrogen and oxygen atoms in total. The van der Waals surface area contributed by atoms with Crippen LogP contribution in [0.5, 0.6) is 0 Å². The summed E-state index contributed by atoms with van der Waals surface area (Å²) in [6.07, 6.45) is 1.88. The molecule has 74 valence electrons. The van der Waals surface area contributed by atoms with Crippen molar-refractivity contribution < 1.29 is 9.18 Å². The molecule has 1 aliphatic carbocycles. The van der Waals surface area contributed by atoms with E-state index < -0.39 is 0 Å². The number of nitrogens with zero attached hydrogens (tertiary/aromatic N) is 1. The van der Waals surface area contributed by atoms with Gasteiger partial charge in [-0.3, -0.25) is 9.78 Å². The van der Waals surface area contributed by atoms with Crippen molar-refractivity contribution in [1.82, 2.24) is 4.98 Å². The zero-order valence-corrected chi connectivity index (χ0v) is 8.30. The molecule has 0 aliphatic heterocycles. The minimum Gasteiger partial charge on any atom is -0.294 e. The minimum atomic E-state index is -0.389. The molecule has 0 amide bonds. The minimum absolute atomic E-state index is 0.0499. The maximum absolute atomic E-state index is 13.2. The summed E-state index contributed by atoms with van der Waals surface area (Å²) in [7, 11) is 0. The number of carbonyl (C=O) groups is 1. The molecule has 0 N–H and O–H groups in total. The van der Waals surface area contributed by atoms with E-state index >= 15 is 0 Å². The smallest absolute Gasteiger partial charge is 0.167 e. The van der Waals surface area contributed by atoms with E-state index in [1.807, 2.05) is 0 Å². The number of ketones is 1. The first-order valence-corrected chi connectivity index (χ1v) is 4.77. The van der Waals surface area contributed by atoms with Crippen LogP contribution < -0.4 is 0 Å². The van der Waals surface area contributed by atoms with Gasteiger partial charge in [0.05, 0.1) is 5.69 Å². The summed E-state index contributed by atoms with van der Waals surface area (Å²) in [5.74, 6) is -0.217. The summed E-state index contributed by atoms with van der Waals surface area (Å²) < 4.78 is 13.2. The highest BCUT2D eigenvalue weighted by atomic mass is 19.1. The van der Waals surface area contributed by atoms with Crippen LogP contribution >= 0.6 is 0 Å². The van der Waals surface area contributed by atoms with E-state index in [1.54, 1.807) is 13.8 Å². The number of Topliss-reactive ketones (excluding diaryl/α,β-unsaturated/α-hetero) is 1. The van der Waals surface area contributed by atoms with E-state index in [-0.39, 0.29) is 17.5 Å². The van der Waals surface area contributed by atoms with Gasteiger partial charge in [0, 0.05) is 17.2 Å². The molecule has 14 heavy (non-hydrogen) atoms. The standard InChI is InChI=1S/C11H12FNO/c1-6-9(11(14)8-3-4-8)5-10(12)7(2)13-6/h5,8H,3-4H2,1-2H3. The lowest BCUT2D eigenvalue weighted by molar-refractivity contribution is 0.0966. The third kappa shape index (κ3) is 1.54. The van der Waals surface area contributed by atoms with E-state index in [1.165, 1.54) is 6.07 Å². The Morgan fingerprint density at radius 1 is 1.43 bits per heavy atom. The Hall–Kier alpha value is -1.25. The Labute approximate surface area is 82.2 Å². The average Bonchev–Trinajstić information content (AvgIpc) is 2.93. The fourth-order valence-corrected chi connectivity index (χ4v) is 1.52. The number of rotatable bonds is 2. The molecule has 1 aromatic heterocycles. The van der Waals surface area contributed by atoms with Gasteiger partial charge in [-0.25, -0.2) is 4.39 Å². The highest BCUT2D eigenvalue weighted by Crippen LogP contribution is 2.33. The average molecular weight is 193 g/mol. The van der Waals surface area contributed by atoms with E-state index in [2.05, 4.69) is 4.98 Å². The summed E-state index contributed by atoms with van der Waals surface area (Å²) in [5, 5.41) is 0. The van der Waals surface area contributed by atoms with Crippen LogP contribution in [0.2, 0.25) is 0 Å². The van der Waals surface area contributed by atoms with Gasteiger partial charge in [0.2, 0.25) is 0 Å². The second-order valence-corrected chi connectivity index (χ2v) is 3.83. The normalized spacial score (nSPS) is 15.6. The molecule has 0 radical (unpaired) electrons. The molecule has 0 aromatic carbocycles. The molecule has 2 rings (SSSR count). The van der Waals surface area contributed by atoms with Crippen LogP contribution in [0, 0.1) is 25.6 Å². The van der Waals surface area contributed by atoms with Crippen molar-refractivity contribution >= 4 is 5.78 Å². The lowest BCUT2D eigenvalue weighted by Gasteiger charge is -2.05. The van der Waals surface area contributed by atoms with Gasteiger partial charge in [-0.2, -0.15) is 0 Å². The molecule has 0 bridgehead atoms. The third-order valence-electron chi connectivity index (χ3n) is 2.56. The van der Waals surface area contributed by atoms with Gasteiger partial charge < -0.3 is 0 Å². The van der Waals surface area contributed by atoms with Crippen molar-refractivity contribution in [3.63, 3.8) is 0 Å². The molecule has 0 unspecified atom stereocenters. The largest absolute Gasteiger partial charge is 0.294 e. The first-order chi connectivity index (χ1) is 6.59. The fourth-order valence-electron chi connectivity index (χ4n) is 1.52. The molecule has 1 heterocycles. The van der Waals surface area contributed by atoms with E-state index in [0.717, 1.165) is 12.8 Å². The topological polar surface area (TPSA) is 30.0 Å². The fraction of sp³-hybridized carbons (Fsp3) is 0.455. The number of aromatic nitrogens is 1.